The van der Waals surface area contributed by atoms with Gasteiger partial charge in [0, 0.05) is 12.6 Å². The fourth-order valence-corrected chi connectivity index (χ4v) is 4.43. The lowest BCUT2D eigenvalue weighted by atomic mass is 9.93. The predicted octanol–water partition coefficient (Wildman–Crippen LogP) is 1.14. The summed E-state index contributed by atoms with van der Waals surface area (Å²) in [5, 5.41) is 12.7. The van der Waals surface area contributed by atoms with E-state index in [2.05, 4.69) is 5.32 Å². The second kappa shape index (κ2) is 5.80. The van der Waals surface area contributed by atoms with E-state index in [-0.39, 0.29) is 18.6 Å². The van der Waals surface area contributed by atoms with E-state index in [4.69, 9.17) is 0 Å². The molecule has 3 atom stereocenters. The van der Waals surface area contributed by atoms with Gasteiger partial charge in [0.25, 0.3) is 0 Å². The van der Waals surface area contributed by atoms with Gasteiger partial charge in [-0.3, -0.25) is 4.79 Å². The van der Waals surface area contributed by atoms with Gasteiger partial charge in [-0.05, 0) is 44.1 Å². The van der Waals surface area contributed by atoms with Crippen molar-refractivity contribution in [2.75, 3.05) is 19.7 Å². The van der Waals surface area contributed by atoms with Crippen LogP contribution in [0.5, 0.6) is 0 Å². The number of aliphatic hydroxyl groups excluding tert-OH is 1. The highest BCUT2D eigenvalue weighted by atomic mass is 16.3. The summed E-state index contributed by atoms with van der Waals surface area (Å²) < 4.78 is 0. The van der Waals surface area contributed by atoms with Crippen molar-refractivity contribution in [3.8, 4) is 0 Å². The summed E-state index contributed by atoms with van der Waals surface area (Å²) in [6.45, 7) is 1.61. The van der Waals surface area contributed by atoms with Crippen molar-refractivity contribution in [3.63, 3.8) is 0 Å². The molecule has 3 rings (SSSR count). The van der Waals surface area contributed by atoms with Crippen molar-refractivity contribution >= 4 is 5.91 Å². The highest BCUT2D eigenvalue weighted by Crippen LogP contribution is 2.38. The van der Waals surface area contributed by atoms with Crippen LogP contribution < -0.4 is 5.32 Å². The third-order valence-electron chi connectivity index (χ3n) is 5.40. The number of fused-ring (bicyclic) bond motifs is 1. The Hall–Kier alpha value is -0.610. The molecule has 0 aromatic carbocycles. The molecule has 4 nitrogen and oxygen atoms in total. The largest absolute Gasteiger partial charge is 0.395 e. The normalized spacial score (nSPS) is 34.7. The Balaban J connectivity index is 1.69. The van der Waals surface area contributed by atoms with E-state index < -0.39 is 0 Å². The summed E-state index contributed by atoms with van der Waals surface area (Å²) in [5.41, 5.74) is 0. The standard InChI is InChI=1S/C15H26N2O2/c18-9-8-17(12-5-1-2-6-12)15(19)14-13-7-3-4-11(13)10-16-14/h11-14,16,18H,1-10H2. The minimum absolute atomic E-state index is 0.0275. The van der Waals surface area contributed by atoms with Gasteiger partial charge in [0.2, 0.25) is 5.91 Å². The molecule has 1 amide bonds. The minimum atomic E-state index is 0.0275. The molecule has 0 bridgehead atoms. The second-order valence-corrected chi connectivity index (χ2v) is 6.43. The Kier molecular flexibility index (Phi) is 4.08. The van der Waals surface area contributed by atoms with E-state index in [1.54, 1.807) is 0 Å². The molecule has 2 N–H and O–H groups in total. The predicted molar refractivity (Wildman–Crippen MR) is 73.7 cm³/mol. The van der Waals surface area contributed by atoms with Gasteiger partial charge in [-0.1, -0.05) is 19.3 Å². The van der Waals surface area contributed by atoms with Gasteiger partial charge in [0.15, 0.2) is 0 Å². The van der Waals surface area contributed by atoms with Gasteiger partial charge in [0.05, 0.1) is 12.6 Å². The van der Waals surface area contributed by atoms with E-state index >= 15 is 0 Å². The van der Waals surface area contributed by atoms with Crippen molar-refractivity contribution in [2.45, 2.75) is 57.0 Å². The maximum absolute atomic E-state index is 12.8. The zero-order chi connectivity index (χ0) is 13.2. The summed E-state index contributed by atoms with van der Waals surface area (Å²) in [5.74, 6) is 1.53. The molecule has 4 heteroatoms. The molecule has 19 heavy (non-hydrogen) atoms. The molecule has 1 saturated heterocycles. The molecule has 2 aliphatic carbocycles. The third kappa shape index (κ3) is 2.52. The van der Waals surface area contributed by atoms with Gasteiger partial charge < -0.3 is 15.3 Å². The molecule has 2 saturated carbocycles. The first-order valence-corrected chi connectivity index (χ1v) is 7.96. The van der Waals surface area contributed by atoms with Crippen LogP contribution >= 0.6 is 0 Å². The number of carbonyl (C=O) groups is 1. The lowest BCUT2D eigenvalue weighted by Gasteiger charge is -2.32. The zero-order valence-electron chi connectivity index (χ0n) is 11.7. The van der Waals surface area contributed by atoms with Crippen LogP contribution in [0.15, 0.2) is 0 Å². The maximum atomic E-state index is 12.8. The molecule has 1 heterocycles. The molecule has 1 aliphatic heterocycles. The Bertz CT molecular complexity index is 328. The van der Waals surface area contributed by atoms with Crippen LogP contribution in [-0.2, 0) is 4.79 Å². The lowest BCUT2D eigenvalue weighted by Crippen LogP contribution is -2.50. The van der Waals surface area contributed by atoms with Gasteiger partial charge in [-0.2, -0.15) is 0 Å². The van der Waals surface area contributed by atoms with Crippen molar-refractivity contribution < 1.29 is 9.90 Å². The monoisotopic (exact) mass is 266 g/mol. The first-order valence-electron chi connectivity index (χ1n) is 7.96. The van der Waals surface area contributed by atoms with Crippen LogP contribution in [0, 0.1) is 11.8 Å². The number of hydrogen-bond acceptors (Lipinski definition) is 3. The average molecular weight is 266 g/mol. The third-order valence-corrected chi connectivity index (χ3v) is 5.40. The topological polar surface area (TPSA) is 52.6 Å². The van der Waals surface area contributed by atoms with Crippen LogP contribution in [0.4, 0.5) is 0 Å². The Morgan fingerprint density at radius 1 is 1.16 bits per heavy atom. The number of hydrogen-bond donors (Lipinski definition) is 2. The van der Waals surface area contributed by atoms with Gasteiger partial charge in [-0.15, -0.1) is 0 Å². The fraction of sp³-hybridized carbons (Fsp3) is 0.933. The second-order valence-electron chi connectivity index (χ2n) is 6.43. The number of aliphatic hydroxyl groups is 1. The molecule has 108 valence electrons. The van der Waals surface area contributed by atoms with Crippen LogP contribution in [-0.4, -0.2) is 47.7 Å². The van der Waals surface area contributed by atoms with Crippen molar-refractivity contribution in [1.82, 2.24) is 10.2 Å². The van der Waals surface area contributed by atoms with Crippen LogP contribution in [0.3, 0.4) is 0 Å². The quantitative estimate of drug-likeness (QED) is 0.802. The van der Waals surface area contributed by atoms with E-state index in [1.165, 1.54) is 32.1 Å². The van der Waals surface area contributed by atoms with Crippen LogP contribution in [0.1, 0.15) is 44.9 Å². The van der Waals surface area contributed by atoms with Gasteiger partial charge in [0.1, 0.15) is 0 Å². The fourth-order valence-electron chi connectivity index (χ4n) is 4.43. The van der Waals surface area contributed by atoms with Crippen LogP contribution in [0.25, 0.3) is 0 Å². The van der Waals surface area contributed by atoms with Crippen molar-refractivity contribution in [3.05, 3.63) is 0 Å². The highest BCUT2D eigenvalue weighted by molar-refractivity contribution is 5.83. The molecule has 0 radical (unpaired) electrons. The average Bonchev–Trinajstić information content (AvgIpc) is 3.10. The molecule has 0 aromatic rings. The Morgan fingerprint density at radius 3 is 2.68 bits per heavy atom. The van der Waals surface area contributed by atoms with E-state index in [1.807, 2.05) is 4.90 Å². The molecular weight excluding hydrogens is 240 g/mol. The highest BCUT2D eigenvalue weighted by Gasteiger charge is 2.44. The lowest BCUT2D eigenvalue weighted by molar-refractivity contribution is -0.137. The minimum Gasteiger partial charge on any atom is -0.395 e. The first kappa shape index (κ1) is 13.4. The Labute approximate surface area is 115 Å². The van der Waals surface area contributed by atoms with Gasteiger partial charge >= 0.3 is 0 Å². The first-order chi connectivity index (χ1) is 9.31. The summed E-state index contributed by atoms with van der Waals surface area (Å²) in [4.78, 5) is 14.8. The number of nitrogens with zero attached hydrogens (tertiary/aromatic N) is 1. The SMILES string of the molecule is O=C(C1NCC2CCCC21)N(CCO)C1CCCC1. The number of nitrogens with one attached hydrogen (secondary N) is 1. The zero-order valence-corrected chi connectivity index (χ0v) is 11.7. The molecule has 3 unspecified atom stereocenters. The van der Waals surface area contributed by atoms with Gasteiger partial charge in [-0.25, -0.2) is 0 Å². The summed E-state index contributed by atoms with van der Waals surface area (Å²) >= 11 is 0. The summed E-state index contributed by atoms with van der Waals surface area (Å²) in [7, 11) is 0. The smallest absolute Gasteiger partial charge is 0.240 e. The molecule has 0 aromatic heterocycles. The maximum Gasteiger partial charge on any atom is 0.240 e. The molecule has 3 aliphatic rings. The van der Waals surface area contributed by atoms with E-state index in [0.717, 1.165) is 19.4 Å². The van der Waals surface area contributed by atoms with Crippen molar-refractivity contribution in [2.24, 2.45) is 11.8 Å². The number of amides is 1. The number of rotatable bonds is 4. The molecular formula is C15H26N2O2. The molecule has 0 spiro atoms. The summed E-state index contributed by atoms with van der Waals surface area (Å²) in [6, 6.07) is 0.404. The van der Waals surface area contributed by atoms with Crippen molar-refractivity contribution in [1.29, 1.82) is 0 Å². The van der Waals surface area contributed by atoms with E-state index in [0.29, 0.717) is 24.4 Å². The molecule has 3 fully saturated rings. The van der Waals surface area contributed by atoms with E-state index in [9.17, 15) is 9.90 Å². The number of carbonyl (C=O) groups excluding carboxylic acids is 1. The summed E-state index contributed by atoms with van der Waals surface area (Å²) in [6.07, 6.45) is 8.45. The van der Waals surface area contributed by atoms with Crippen LogP contribution in [0.2, 0.25) is 0 Å². The Morgan fingerprint density at radius 2 is 1.95 bits per heavy atom.